The van der Waals surface area contributed by atoms with Crippen molar-refractivity contribution in [2.45, 2.75) is 0 Å². The molecule has 0 aromatic heterocycles. The van der Waals surface area contributed by atoms with E-state index in [-0.39, 0.29) is 23.6 Å². The molecule has 0 saturated heterocycles. The van der Waals surface area contributed by atoms with Crippen LogP contribution in [0.3, 0.4) is 0 Å². The van der Waals surface area contributed by atoms with Crippen molar-refractivity contribution in [2.75, 3.05) is 6.61 Å². The lowest BCUT2D eigenvalue weighted by atomic mass is 10.1. The van der Waals surface area contributed by atoms with Gasteiger partial charge in [0.1, 0.15) is 5.75 Å². The van der Waals surface area contributed by atoms with Crippen molar-refractivity contribution >= 4 is 23.1 Å². The van der Waals surface area contributed by atoms with Gasteiger partial charge in [-0.25, -0.2) is 0 Å². The van der Waals surface area contributed by atoms with Crippen molar-refractivity contribution < 1.29 is 14.5 Å². The van der Waals surface area contributed by atoms with Gasteiger partial charge in [-0.1, -0.05) is 23.7 Å². The van der Waals surface area contributed by atoms with Gasteiger partial charge in [0.2, 0.25) is 0 Å². The first-order chi connectivity index (χ1) is 9.56. The van der Waals surface area contributed by atoms with Crippen molar-refractivity contribution in [3.8, 4) is 5.75 Å². The zero-order valence-corrected chi connectivity index (χ0v) is 11.0. The molecular formula is C14H10ClNO4. The number of hydrogen-bond acceptors (Lipinski definition) is 4. The Morgan fingerprint density at radius 3 is 2.55 bits per heavy atom. The summed E-state index contributed by atoms with van der Waals surface area (Å²) in [5.41, 5.74) is 0.121. The Morgan fingerprint density at radius 2 is 1.90 bits per heavy atom. The van der Waals surface area contributed by atoms with Crippen molar-refractivity contribution in [2.24, 2.45) is 0 Å². The highest BCUT2D eigenvalue weighted by Gasteiger charge is 2.12. The molecule has 2 aromatic rings. The highest BCUT2D eigenvalue weighted by molar-refractivity contribution is 6.30. The van der Waals surface area contributed by atoms with Crippen LogP contribution in [0.15, 0.2) is 48.5 Å². The van der Waals surface area contributed by atoms with Gasteiger partial charge in [0, 0.05) is 22.7 Å². The predicted octanol–water partition coefficient (Wildman–Crippen LogP) is 3.51. The number of benzene rings is 2. The molecule has 0 N–H and O–H groups in total. The summed E-state index contributed by atoms with van der Waals surface area (Å²) in [5.74, 6) is 0.178. The van der Waals surface area contributed by atoms with Crippen LogP contribution in [0.2, 0.25) is 5.02 Å². The lowest BCUT2D eigenvalue weighted by molar-refractivity contribution is -0.384. The van der Waals surface area contributed by atoms with Gasteiger partial charge >= 0.3 is 0 Å². The van der Waals surface area contributed by atoms with E-state index in [0.29, 0.717) is 10.8 Å². The average Bonchev–Trinajstić information content (AvgIpc) is 2.46. The molecule has 0 heterocycles. The van der Waals surface area contributed by atoms with Crippen LogP contribution in [0, 0.1) is 10.1 Å². The molecule has 0 spiro atoms. The maximum Gasteiger partial charge on any atom is 0.270 e. The number of hydrogen-bond donors (Lipinski definition) is 0. The summed E-state index contributed by atoms with van der Waals surface area (Å²) in [6.45, 7) is -0.192. The summed E-state index contributed by atoms with van der Waals surface area (Å²) in [4.78, 5) is 22.0. The molecule has 2 rings (SSSR count). The summed E-state index contributed by atoms with van der Waals surface area (Å²) >= 11 is 5.73. The van der Waals surface area contributed by atoms with E-state index in [1.807, 2.05) is 0 Å². The second-order valence-electron chi connectivity index (χ2n) is 3.97. The standard InChI is InChI=1S/C14H10ClNO4/c15-11-4-6-13(7-5-11)20-9-14(17)10-2-1-3-12(8-10)16(18)19/h1-8H,9H2. The first-order valence-electron chi connectivity index (χ1n) is 5.72. The number of rotatable bonds is 5. The average molecular weight is 292 g/mol. The van der Waals surface area contributed by atoms with E-state index in [0.717, 1.165) is 0 Å². The SMILES string of the molecule is O=C(COc1ccc(Cl)cc1)c1cccc([N+](=O)[O-])c1. The zero-order chi connectivity index (χ0) is 14.5. The Hall–Kier alpha value is -2.40. The molecule has 0 fully saturated rings. The van der Waals surface area contributed by atoms with Crippen molar-refractivity contribution in [3.05, 3.63) is 69.2 Å². The molecule has 0 aliphatic carbocycles. The molecule has 0 atom stereocenters. The number of nitro groups is 1. The summed E-state index contributed by atoms with van der Waals surface area (Å²) in [7, 11) is 0. The molecule has 0 radical (unpaired) electrons. The van der Waals surface area contributed by atoms with Crippen molar-refractivity contribution in [1.29, 1.82) is 0 Å². The van der Waals surface area contributed by atoms with E-state index < -0.39 is 4.92 Å². The lowest BCUT2D eigenvalue weighted by Gasteiger charge is -2.05. The monoisotopic (exact) mass is 291 g/mol. The summed E-state index contributed by atoms with van der Waals surface area (Å²) in [5, 5.41) is 11.2. The van der Waals surface area contributed by atoms with E-state index in [1.165, 1.54) is 24.3 Å². The van der Waals surface area contributed by atoms with E-state index >= 15 is 0 Å². The minimum atomic E-state index is -0.545. The summed E-state index contributed by atoms with van der Waals surface area (Å²) in [6.07, 6.45) is 0. The molecular weight excluding hydrogens is 282 g/mol. The van der Waals surface area contributed by atoms with E-state index in [9.17, 15) is 14.9 Å². The Balaban J connectivity index is 2.03. The number of ether oxygens (including phenoxy) is 1. The van der Waals surface area contributed by atoms with Gasteiger partial charge in [-0.05, 0) is 24.3 Å². The Labute approximate surface area is 119 Å². The third-order valence-electron chi connectivity index (χ3n) is 2.56. The Kier molecular flexibility index (Phi) is 4.32. The van der Waals surface area contributed by atoms with Crippen LogP contribution in [0.1, 0.15) is 10.4 Å². The number of ketones is 1. The molecule has 20 heavy (non-hydrogen) atoms. The molecule has 102 valence electrons. The van der Waals surface area contributed by atoms with Crippen LogP contribution in [-0.2, 0) is 0 Å². The van der Waals surface area contributed by atoms with Gasteiger partial charge in [-0.15, -0.1) is 0 Å². The Morgan fingerprint density at radius 1 is 1.20 bits per heavy atom. The first kappa shape index (κ1) is 14.0. The van der Waals surface area contributed by atoms with Crippen LogP contribution in [-0.4, -0.2) is 17.3 Å². The topological polar surface area (TPSA) is 69.4 Å². The smallest absolute Gasteiger partial charge is 0.270 e. The number of carbonyl (C=O) groups is 1. The Bertz CT molecular complexity index is 640. The first-order valence-corrected chi connectivity index (χ1v) is 6.10. The molecule has 5 nitrogen and oxygen atoms in total. The minimum absolute atomic E-state index is 0.123. The number of Topliss-reactive ketones (excluding diaryl/α,β-unsaturated/α-hetero) is 1. The van der Waals surface area contributed by atoms with Gasteiger partial charge in [-0.2, -0.15) is 0 Å². The number of non-ortho nitro benzene ring substituents is 1. The predicted molar refractivity (Wildman–Crippen MR) is 74.4 cm³/mol. The van der Waals surface area contributed by atoms with E-state index in [2.05, 4.69) is 0 Å². The van der Waals surface area contributed by atoms with Crippen LogP contribution < -0.4 is 4.74 Å². The zero-order valence-electron chi connectivity index (χ0n) is 10.3. The van der Waals surface area contributed by atoms with E-state index in [1.54, 1.807) is 24.3 Å². The fourth-order valence-electron chi connectivity index (χ4n) is 1.56. The normalized spacial score (nSPS) is 10.1. The molecule has 0 saturated carbocycles. The fourth-order valence-corrected chi connectivity index (χ4v) is 1.68. The second-order valence-corrected chi connectivity index (χ2v) is 4.41. The highest BCUT2D eigenvalue weighted by Crippen LogP contribution is 2.17. The highest BCUT2D eigenvalue weighted by atomic mass is 35.5. The van der Waals surface area contributed by atoms with Gasteiger partial charge in [0.15, 0.2) is 12.4 Å². The van der Waals surface area contributed by atoms with Crippen molar-refractivity contribution in [3.63, 3.8) is 0 Å². The molecule has 0 bridgehead atoms. The quantitative estimate of drug-likeness (QED) is 0.480. The molecule has 2 aromatic carbocycles. The molecule has 0 aliphatic heterocycles. The second kappa shape index (κ2) is 6.16. The molecule has 0 aliphatic rings. The van der Waals surface area contributed by atoms with Gasteiger partial charge < -0.3 is 4.74 Å². The van der Waals surface area contributed by atoms with Gasteiger partial charge in [-0.3, -0.25) is 14.9 Å². The third kappa shape index (κ3) is 3.55. The van der Waals surface area contributed by atoms with Crippen LogP contribution in [0.5, 0.6) is 5.75 Å². The number of nitrogens with zero attached hydrogens (tertiary/aromatic N) is 1. The molecule has 0 unspecified atom stereocenters. The number of halogens is 1. The number of carbonyl (C=O) groups excluding carboxylic acids is 1. The summed E-state index contributed by atoms with van der Waals surface area (Å²) in [6, 6.07) is 12.1. The number of nitro benzene ring substituents is 1. The summed E-state index contributed by atoms with van der Waals surface area (Å²) < 4.78 is 5.30. The van der Waals surface area contributed by atoms with Crippen LogP contribution >= 0.6 is 11.6 Å². The van der Waals surface area contributed by atoms with Crippen LogP contribution in [0.25, 0.3) is 0 Å². The van der Waals surface area contributed by atoms with Gasteiger partial charge in [0.25, 0.3) is 5.69 Å². The minimum Gasteiger partial charge on any atom is -0.485 e. The molecule has 6 heteroatoms. The third-order valence-corrected chi connectivity index (χ3v) is 2.81. The maximum absolute atomic E-state index is 11.9. The lowest BCUT2D eigenvalue weighted by Crippen LogP contribution is -2.11. The maximum atomic E-state index is 11.9. The van der Waals surface area contributed by atoms with E-state index in [4.69, 9.17) is 16.3 Å². The molecule has 0 amide bonds. The largest absolute Gasteiger partial charge is 0.485 e. The fraction of sp³-hybridized carbons (Fsp3) is 0.0714. The van der Waals surface area contributed by atoms with Gasteiger partial charge in [0.05, 0.1) is 4.92 Å². The van der Waals surface area contributed by atoms with Crippen molar-refractivity contribution in [1.82, 2.24) is 0 Å². The van der Waals surface area contributed by atoms with Crippen LogP contribution in [0.4, 0.5) is 5.69 Å².